The van der Waals surface area contributed by atoms with Crippen LogP contribution in [0.4, 0.5) is 0 Å². The van der Waals surface area contributed by atoms with Crippen molar-refractivity contribution in [3.8, 4) is 0 Å². The average Bonchev–Trinajstić information content (AvgIpc) is 2.77. The van der Waals surface area contributed by atoms with Crippen molar-refractivity contribution in [2.45, 2.75) is 0 Å². The van der Waals surface area contributed by atoms with Crippen molar-refractivity contribution in [3.63, 3.8) is 0 Å². The molecule has 1 N–H and O–H groups in total. The minimum atomic E-state index is -1.11. The summed E-state index contributed by atoms with van der Waals surface area (Å²) < 4.78 is 0. The van der Waals surface area contributed by atoms with E-state index in [9.17, 15) is 14.7 Å². The van der Waals surface area contributed by atoms with Crippen LogP contribution in [0.3, 0.4) is 0 Å². The highest BCUT2D eigenvalue weighted by Crippen LogP contribution is 2.28. The number of benzene rings is 5. The lowest BCUT2D eigenvalue weighted by Gasteiger charge is -2.10. The SMILES string of the molecule is O=C(O)c1cc2ccccc2cc1C(=O)c1ccc2ccc3ccccc3c2c1. The number of carbonyl (C=O) groups excluding carboxylic acids is 1. The summed E-state index contributed by atoms with van der Waals surface area (Å²) in [5, 5.41) is 15.5. The summed E-state index contributed by atoms with van der Waals surface area (Å²) in [4.78, 5) is 25.2. The van der Waals surface area contributed by atoms with Crippen LogP contribution in [0.15, 0.2) is 91.0 Å². The van der Waals surface area contributed by atoms with Gasteiger partial charge >= 0.3 is 5.97 Å². The predicted octanol–water partition coefficient (Wildman–Crippen LogP) is 6.08. The highest BCUT2D eigenvalue weighted by atomic mass is 16.4. The van der Waals surface area contributed by atoms with Crippen molar-refractivity contribution >= 4 is 44.1 Å². The number of hydrogen-bond donors (Lipinski definition) is 1. The fourth-order valence-electron chi connectivity index (χ4n) is 3.90. The zero-order valence-corrected chi connectivity index (χ0v) is 15.4. The van der Waals surface area contributed by atoms with Crippen LogP contribution in [-0.2, 0) is 0 Å². The molecular weight excluding hydrogens is 360 g/mol. The van der Waals surface area contributed by atoms with Crippen molar-refractivity contribution in [1.82, 2.24) is 0 Å². The van der Waals surface area contributed by atoms with Crippen molar-refractivity contribution in [1.29, 1.82) is 0 Å². The summed E-state index contributed by atoms with van der Waals surface area (Å²) in [6.45, 7) is 0. The molecule has 0 radical (unpaired) electrons. The maximum Gasteiger partial charge on any atom is 0.336 e. The lowest BCUT2D eigenvalue weighted by Crippen LogP contribution is -2.10. The molecule has 0 amide bonds. The smallest absolute Gasteiger partial charge is 0.336 e. The Morgan fingerprint density at radius 3 is 1.79 bits per heavy atom. The monoisotopic (exact) mass is 376 g/mol. The van der Waals surface area contributed by atoms with E-state index in [0.29, 0.717) is 5.56 Å². The molecule has 0 fully saturated rings. The van der Waals surface area contributed by atoms with Crippen LogP contribution < -0.4 is 0 Å². The largest absolute Gasteiger partial charge is 0.478 e. The van der Waals surface area contributed by atoms with E-state index in [2.05, 4.69) is 6.07 Å². The standard InChI is InChI=1S/C26H16O3/c27-25(23-13-18-6-1-2-7-19(18)14-24(23)26(28)29)20-12-11-17-10-9-16-5-3-4-8-21(16)22(17)15-20/h1-15H,(H,28,29). The van der Waals surface area contributed by atoms with Gasteiger partial charge in [-0.05, 0) is 50.5 Å². The molecule has 3 nitrogen and oxygen atoms in total. The Morgan fingerprint density at radius 2 is 1.10 bits per heavy atom. The normalized spacial score (nSPS) is 11.2. The van der Waals surface area contributed by atoms with Crippen LogP contribution in [0.5, 0.6) is 0 Å². The molecule has 5 aromatic carbocycles. The molecule has 0 saturated heterocycles. The van der Waals surface area contributed by atoms with Gasteiger partial charge < -0.3 is 5.11 Å². The van der Waals surface area contributed by atoms with E-state index in [1.165, 1.54) is 0 Å². The van der Waals surface area contributed by atoms with E-state index in [1.54, 1.807) is 18.2 Å². The third kappa shape index (κ3) is 2.84. The van der Waals surface area contributed by atoms with Gasteiger partial charge in [0.1, 0.15) is 0 Å². The first-order chi connectivity index (χ1) is 14.1. The van der Waals surface area contributed by atoms with Gasteiger partial charge in [0, 0.05) is 11.1 Å². The Labute approximate surface area is 166 Å². The summed E-state index contributed by atoms with van der Waals surface area (Å²) in [7, 11) is 0. The molecule has 0 aliphatic rings. The van der Waals surface area contributed by atoms with E-state index in [1.807, 2.05) is 66.7 Å². The molecule has 0 spiro atoms. The van der Waals surface area contributed by atoms with Crippen molar-refractivity contribution in [3.05, 3.63) is 108 Å². The van der Waals surface area contributed by atoms with E-state index >= 15 is 0 Å². The third-order valence-corrected chi connectivity index (χ3v) is 5.37. The quantitative estimate of drug-likeness (QED) is 0.307. The van der Waals surface area contributed by atoms with Gasteiger partial charge in [0.2, 0.25) is 0 Å². The highest BCUT2D eigenvalue weighted by molar-refractivity contribution is 6.18. The molecule has 5 rings (SSSR count). The number of hydrogen-bond acceptors (Lipinski definition) is 2. The Bertz CT molecular complexity index is 1450. The minimum absolute atomic E-state index is 0.0201. The molecule has 0 saturated carbocycles. The van der Waals surface area contributed by atoms with E-state index in [-0.39, 0.29) is 16.9 Å². The van der Waals surface area contributed by atoms with E-state index < -0.39 is 5.97 Å². The third-order valence-electron chi connectivity index (χ3n) is 5.37. The molecule has 5 aromatic rings. The number of carboxylic acid groups (broad SMARTS) is 1. The molecule has 0 aliphatic carbocycles. The molecule has 0 atom stereocenters. The van der Waals surface area contributed by atoms with Gasteiger partial charge in [-0.1, -0.05) is 72.8 Å². The van der Waals surface area contributed by atoms with E-state index in [0.717, 1.165) is 32.3 Å². The number of carboxylic acids is 1. The van der Waals surface area contributed by atoms with Gasteiger partial charge in [0.15, 0.2) is 5.78 Å². The maximum atomic E-state index is 13.3. The zero-order valence-electron chi connectivity index (χ0n) is 15.4. The van der Waals surface area contributed by atoms with Gasteiger partial charge in [0.05, 0.1) is 5.56 Å². The Hall–Kier alpha value is -3.98. The molecule has 0 unspecified atom stereocenters. The van der Waals surface area contributed by atoms with Crippen LogP contribution in [-0.4, -0.2) is 16.9 Å². The Morgan fingerprint density at radius 1 is 0.552 bits per heavy atom. The number of fused-ring (bicyclic) bond motifs is 4. The van der Waals surface area contributed by atoms with Gasteiger partial charge in [-0.2, -0.15) is 0 Å². The first kappa shape index (κ1) is 17.1. The Balaban J connectivity index is 1.73. The molecule has 3 heteroatoms. The van der Waals surface area contributed by atoms with Gasteiger partial charge in [-0.3, -0.25) is 4.79 Å². The van der Waals surface area contributed by atoms with Crippen LogP contribution in [0, 0.1) is 0 Å². The first-order valence-electron chi connectivity index (χ1n) is 9.34. The average molecular weight is 376 g/mol. The number of ketones is 1. The summed E-state index contributed by atoms with van der Waals surface area (Å²) in [5.41, 5.74) is 0.703. The number of carbonyl (C=O) groups is 2. The second-order valence-electron chi connectivity index (χ2n) is 7.10. The summed E-state index contributed by atoms with van der Waals surface area (Å²) in [5.74, 6) is -1.40. The van der Waals surface area contributed by atoms with E-state index in [4.69, 9.17) is 0 Å². The minimum Gasteiger partial charge on any atom is -0.478 e. The zero-order chi connectivity index (χ0) is 20.0. The summed E-state index contributed by atoms with van der Waals surface area (Å²) in [6, 6.07) is 28.4. The molecule has 0 heterocycles. The van der Waals surface area contributed by atoms with Gasteiger partial charge in [-0.15, -0.1) is 0 Å². The lowest BCUT2D eigenvalue weighted by atomic mass is 9.93. The predicted molar refractivity (Wildman–Crippen MR) is 116 cm³/mol. The lowest BCUT2D eigenvalue weighted by molar-refractivity contribution is 0.0693. The van der Waals surface area contributed by atoms with Crippen LogP contribution in [0.25, 0.3) is 32.3 Å². The van der Waals surface area contributed by atoms with Crippen molar-refractivity contribution in [2.75, 3.05) is 0 Å². The van der Waals surface area contributed by atoms with Crippen LogP contribution in [0.1, 0.15) is 26.3 Å². The Kier molecular flexibility index (Phi) is 3.88. The number of aromatic carboxylic acids is 1. The summed E-state index contributed by atoms with van der Waals surface area (Å²) >= 11 is 0. The fourth-order valence-corrected chi connectivity index (χ4v) is 3.90. The molecule has 0 aliphatic heterocycles. The summed E-state index contributed by atoms with van der Waals surface area (Å²) in [6.07, 6.45) is 0. The maximum absolute atomic E-state index is 13.3. The molecule has 29 heavy (non-hydrogen) atoms. The van der Waals surface area contributed by atoms with Crippen molar-refractivity contribution in [2.24, 2.45) is 0 Å². The van der Waals surface area contributed by atoms with Crippen molar-refractivity contribution < 1.29 is 14.7 Å². The molecule has 0 bridgehead atoms. The van der Waals surface area contributed by atoms with Gasteiger partial charge in [0.25, 0.3) is 0 Å². The molecule has 0 aromatic heterocycles. The second-order valence-corrected chi connectivity index (χ2v) is 7.10. The number of rotatable bonds is 3. The second kappa shape index (κ2) is 6.57. The molecule has 138 valence electrons. The fraction of sp³-hybridized carbons (Fsp3) is 0. The highest BCUT2D eigenvalue weighted by Gasteiger charge is 2.19. The van der Waals surface area contributed by atoms with Crippen LogP contribution in [0.2, 0.25) is 0 Å². The van der Waals surface area contributed by atoms with Gasteiger partial charge in [-0.25, -0.2) is 4.79 Å². The molecular formula is C26H16O3. The first-order valence-corrected chi connectivity index (χ1v) is 9.34. The van der Waals surface area contributed by atoms with Crippen LogP contribution >= 0.6 is 0 Å². The topological polar surface area (TPSA) is 54.4 Å².